The second kappa shape index (κ2) is 57.6. The maximum absolute atomic E-state index is 12.9. The molecule has 11 nitrogen and oxygen atoms in total. The predicted molar refractivity (Wildman–Crippen MR) is 316 cm³/mol. The molecule has 0 bridgehead atoms. The minimum Gasteiger partial charge on any atom is -0.462 e. The first-order valence-electron chi connectivity index (χ1n) is 30.1. The van der Waals surface area contributed by atoms with E-state index >= 15 is 0 Å². The monoisotopic (exact) mass is 1080 g/mol. The van der Waals surface area contributed by atoms with Crippen molar-refractivity contribution >= 4 is 25.7 Å². The molecule has 0 aliphatic heterocycles. The highest BCUT2D eigenvalue weighted by atomic mass is 31.2. The molecular formula is C64H109O11P. The van der Waals surface area contributed by atoms with Crippen LogP contribution in [0.5, 0.6) is 0 Å². The number of aliphatic hydroxyl groups is 1. The third-order valence-corrected chi connectivity index (χ3v) is 13.4. The Morgan fingerprint density at radius 3 is 1.07 bits per heavy atom. The van der Waals surface area contributed by atoms with Crippen LogP contribution in [0.4, 0.5) is 0 Å². The molecule has 76 heavy (non-hydrogen) atoms. The number of allylic oxidation sites excluding steroid dienone is 16. The Kier molecular flexibility index (Phi) is 54.8. The maximum Gasteiger partial charge on any atom is 0.472 e. The molecule has 0 aromatic rings. The summed E-state index contributed by atoms with van der Waals surface area (Å²) < 4.78 is 39.6. The van der Waals surface area contributed by atoms with Crippen LogP contribution in [-0.2, 0) is 42.2 Å². The molecule has 0 radical (unpaired) electrons. The molecule has 0 saturated heterocycles. The van der Waals surface area contributed by atoms with Gasteiger partial charge >= 0.3 is 25.7 Å². The van der Waals surface area contributed by atoms with E-state index in [4.69, 9.17) is 23.3 Å². The van der Waals surface area contributed by atoms with Gasteiger partial charge in [-0.05, 0) is 116 Å². The van der Waals surface area contributed by atoms with Crippen LogP contribution in [0.3, 0.4) is 0 Å². The number of carbonyl (C=O) groups excluding carboxylic acids is 3. The third kappa shape index (κ3) is 55.2. The van der Waals surface area contributed by atoms with E-state index in [1.54, 1.807) is 0 Å². The molecule has 0 rings (SSSR count). The summed E-state index contributed by atoms with van der Waals surface area (Å²) in [5.74, 6) is -1.52. The summed E-state index contributed by atoms with van der Waals surface area (Å²) in [7, 11) is -4.76. The summed E-state index contributed by atoms with van der Waals surface area (Å²) >= 11 is 0. The van der Waals surface area contributed by atoms with Gasteiger partial charge in [0.1, 0.15) is 12.7 Å². The number of hydrogen-bond acceptors (Lipinski definition) is 10. The second-order valence-corrected chi connectivity index (χ2v) is 21.2. The molecule has 0 aliphatic carbocycles. The Morgan fingerprint density at radius 1 is 0.382 bits per heavy atom. The lowest BCUT2D eigenvalue weighted by Crippen LogP contribution is -2.30. The highest BCUT2D eigenvalue weighted by Gasteiger charge is 2.28. The van der Waals surface area contributed by atoms with E-state index in [9.17, 15) is 28.9 Å². The zero-order valence-electron chi connectivity index (χ0n) is 48.2. The first kappa shape index (κ1) is 72.4. The van der Waals surface area contributed by atoms with Crippen LogP contribution in [0, 0.1) is 0 Å². The van der Waals surface area contributed by atoms with Crippen molar-refractivity contribution in [2.45, 2.75) is 264 Å². The number of rotatable bonds is 55. The van der Waals surface area contributed by atoms with E-state index < -0.39 is 57.8 Å². The van der Waals surface area contributed by atoms with E-state index in [2.05, 4.69) is 118 Å². The number of esters is 3. The quantitative estimate of drug-likeness (QED) is 0.0197. The van der Waals surface area contributed by atoms with Gasteiger partial charge in [0.05, 0.1) is 19.8 Å². The van der Waals surface area contributed by atoms with Gasteiger partial charge in [-0.3, -0.25) is 23.4 Å². The molecule has 3 unspecified atom stereocenters. The van der Waals surface area contributed by atoms with Crippen molar-refractivity contribution in [3.05, 3.63) is 97.2 Å². The minimum absolute atomic E-state index is 0.152. The lowest BCUT2D eigenvalue weighted by atomic mass is 10.1. The number of phosphoric acid groups is 1. The molecule has 0 saturated carbocycles. The van der Waals surface area contributed by atoms with Crippen molar-refractivity contribution in [3.63, 3.8) is 0 Å². The molecule has 0 fully saturated rings. The van der Waals surface area contributed by atoms with Gasteiger partial charge in [-0.2, -0.15) is 0 Å². The molecule has 3 atom stereocenters. The summed E-state index contributed by atoms with van der Waals surface area (Å²) in [5, 5.41) is 9.83. The van der Waals surface area contributed by atoms with E-state index in [1.165, 1.54) is 70.6 Å². The van der Waals surface area contributed by atoms with Gasteiger partial charge in [0.15, 0.2) is 6.10 Å². The number of phosphoric ester groups is 1. The summed E-state index contributed by atoms with van der Waals surface area (Å²) in [6, 6.07) is 0. The normalized spacial score (nSPS) is 14.0. The van der Waals surface area contributed by atoms with Gasteiger partial charge < -0.3 is 24.2 Å². The number of ether oxygens (including phenoxy) is 3. The van der Waals surface area contributed by atoms with E-state index in [-0.39, 0.29) is 25.9 Å². The van der Waals surface area contributed by atoms with Crippen LogP contribution in [0.15, 0.2) is 97.2 Å². The van der Waals surface area contributed by atoms with Crippen LogP contribution in [-0.4, -0.2) is 66.5 Å². The molecule has 0 aliphatic rings. The lowest BCUT2D eigenvalue weighted by molar-refractivity contribution is -0.161. The van der Waals surface area contributed by atoms with Crippen LogP contribution in [0.25, 0.3) is 0 Å². The first-order chi connectivity index (χ1) is 37.2. The highest BCUT2D eigenvalue weighted by Crippen LogP contribution is 2.43. The average Bonchev–Trinajstić information content (AvgIpc) is 3.41. The van der Waals surface area contributed by atoms with Crippen molar-refractivity contribution < 1.29 is 52.2 Å². The van der Waals surface area contributed by atoms with Gasteiger partial charge in [-0.1, -0.05) is 214 Å². The summed E-state index contributed by atoms with van der Waals surface area (Å²) in [5.41, 5.74) is 0. The van der Waals surface area contributed by atoms with E-state index in [0.29, 0.717) is 19.3 Å². The van der Waals surface area contributed by atoms with Crippen LogP contribution in [0.2, 0.25) is 0 Å². The molecule has 12 heteroatoms. The Morgan fingerprint density at radius 2 is 0.684 bits per heavy atom. The van der Waals surface area contributed by atoms with Gasteiger partial charge in [-0.15, -0.1) is 0 Å². The summed E-state index contributed by atoms with van der Waals surface area (Å²) in [6.45, 7) is 4.36. The molecule has 0 aromatic heterocycles. The Balaban J connectivity index is 4.72. The minimum atomic E-state index is -4.76. The van der Waals surface area contributed by atoms with Crippen LogP contribution < -0.4 is 0 Å². The first-order valence-corrected chi connectivity index (χ1v) is 31.6. The Hall–Kier alpha value is -3.60. The molecular weight excluding hydrogens is 976 g/mol. The second-order valence-electron chi connectivity index (χ2n) is 19.7. The van der Waals surface area contributed by atoms with Crippen molar-refractivity contribution in [1.29, 1.82) is 0 Å². The Labute approximate surface area is 463 Å². The predicted octanol–water partition coefficient (Wildman–Crippen LogP) is 18.0. The van der Waals surface area contributed by atoms with E-state index in [1.807, 2.05) is 0 Å². The largest absolute Gasteiger partial charge is 0.472 e. The third-order valence-electron chi connectivity index (χ3n) is 12.5. The van der Waals surface area contributed by atoms with Crippen molar-refractivity contribution in [3.8, 4) is 0 Å². The fourth-order valence-electron chi connectivity index (χ4n) is 7.94. The number of unbranched alkanes of at least 4 members (excludes halogenated alkanes) is 22. The average molecular weight is 1090 g/mol. The van der Waals surface area contributed by atoms with Crippen LogP contribution >= 0.6 is 7.82 Å². The molecule has 0 aromatic carbocycles. The molecule has 0 amide bonds. The van der Waals surface area contributed by atoms with Gasteiger partial charge in [-0.25, -0.2) is 4.57 Å². The lowest BCUT2D eigenvalue weighted by Gasteiger charge is -2.21. The number of carbonyl (C=O) groups is 3. The standard InChI is InChI=1S/C64H109O11P/c1-4-7-10-13-16-19-22-25-27-29-30-32-34-37-40-43-46-49-52-55-64(68)75-61(57-71-62(66)53-50-47-44-41-38-35-24-21-18-15-12-9-6-3)59-73-76(69,70)72-58-60(56-65)74-63(67)54-51-48-45-42-39-36-33-31-28-26-23-20-17-14-11-8-5-2/h8-9,11-12,16-21,25-28,35,38,60-61,65H,4-7,10,13-15,22-24,29-34,36-37,39-59H2,1-3H3,(H,69,70)/b11-8-,12-9-,19-16-,20-17-,21-18-,27-25-,28-26-,38-35-. The maximum atomic E-state index is 12.9. The van der Waals surface area contributed by atoms with Crippen molar-refractivity contribution in [1.82, 2.24) is 0 Å². The fourth-order valence-corrected chi connectivity index (χ4v) is 8.73. The topological polar surface area (TPSA) is 155 Å². The summed E-state index contributed by atoms with van der Waals surface area (Å²) in [6.07, 6.45) is 67.9. The van der Waals surface area contributed by atoms with Crippen molar-refractivity contribution in [2.24, 2.45) is 0 Å². The Bertz CT molecular complexity index is 1640. The van der Waals surface area contributed by atoms with Crippen molar-refractivity contribution in [2.75, 3.05) is 26.4 Å². The highest BCUT2D eigenvalue weighted by molar-refractivity contribution is 7.47. The number of aliphatic hydroxyl groups excluding tert-OH is 1. The molecule has 2 N–H and O–H groups in total. The fraction of sp³-hybridized carbons (Fsp3) is 0.703. The van der Waals surface area contributed by atoms with Gasteiger partial charge in [0.2, 0.25) is 0 Å². The zero-order chi connectivity index (χ0) is 55.5. The number of hydrogen-bond donors (Lipinski definition) is 2. The molecule has 436 valence electrons. The van der Waals surface area contributed by atoms with E-state index in [0.717, 1.165) is 122 Å². The van der Waals surface area contributed by atoms with Crippen LogP contribution in [0.1, 0.15) is 252 Å². The van der Waals surface area contributed by atoms with Gasteiger partial charge in [0, 0.05) is 19.3 Å². The van der Waals surface area contributed by atoms with Gasteiger partial charge in [0.25, 0.3) is 0 Å². The molecule has 0 heterocycles. The zero-order valence-corrected chi connectivity index (χ0v) is 49.1. The summed E-state index contributed by atoms with van der Waals surface area (Å²) in [4.78, 5) is 48.6. The SMILES string of the molecule is CC/C=C\C/C=C\C/C=C\CCCCCCCCCC(=O)OC(CO)COP(=O)(O)OCC(COC(=O)CCCCC/C=C\C/C=C\C/C=C\CC)OC(=O)CCCCCCCCCCC/C=C\C/C=C\CCCCC. The molecule has 0 spiro atoms. The smallest absolute Gasteiger partial charge is 0.462 e.